The Kier molecular flexibility index (Phi) is 6.89. The predicted molar refractivity (Wildman–Crippen MR) is 134 cm³/mol. The highest BCUT2D eigenvalue weighted by Gasteiger charge is 2.33. The standard InChI is InChI=1S/C23H14Cl3NO2S2/c24-16-5-3-6-18(11-16)27-22(28)21(31-23(27)30)10-14-4-1-2-7-20(14)29-13-15-8-9-17(25)12-19(15)26/h1-12H,13H2. The maximum atomic E-state index is 13.0. The van der Waals surface area contributed by atoms with Gasteiger partial charge in [-0.2, -0.15) is 0 Å². The van der Waals surface area contributed by atoms with E-state index in [4.69, 9.17) is 51.8 Å². The fourth-order valence-corrected chi connectivity index (χ4v) is 4.91. The highest BCUT2D eigenvalue weighted by Crippen LogP contribution is 2.38. The van der Waals surface area contributed by atoms with E-state index in [-0.39, 0.29) is 12.5 Å². The number of benzene rings is 3. The first-order valence-corrected chi connectivity index (χ1v) is 11.5. The summed E-state index contributed by atoms with van der Waals surface area (Å²) in [5.41, 5.74) is 2.22. The average Bonchev–Trinajstić information content (AvgIpc) is 3.01. The van der Waals surface area contributed by atoms with E-state index < -0.39 is 0 Å². The largest absolute Gasteiger partial charge is 0.488 e. The number of anilines is 1. The van der Waals surface area contributed by atoms with Crippen LogP contribution in [0.1, 0.15) is 11.1 Å². The number of nitrogens with zero attached hydrogens (tertiary/aromatic N) is 1. The quantitative estimate of drug-likeness (QED) is 0.263. The number of hydrogen-bond acceptors (Lipinski definition) is 4. The van der Waals surface area contributed by atoms with Crippen LogP contribution in [0.25, 0.3) is 6.08 Å². The van der Waals surface area contributed by atoms with Crippen molar-refractivity contribution in [2.24, 2.45) is 0 Å². The van der Waals surface area contributed by atoms with Gasteiger partial charge >= 0.3 is 0 Å². The van der Waals surface area contributed by atoms with Crippen LogP contribution in [0.3, 0.4) is 0 Å². The van der Waals surface area contributed by atoms with Crippen LogP contribution < -0.4 is 9.64 Å². The van der Waals surface area contributed by atoms with Crippen LogP contribution >= 0.6 is 58.8 Å². The van der Waals surface area contributed by atoms with E-state index in [0.29, 0.717) is 35.7 Å². The maximum Gasteiger partial charge on any atom is 0.270 e. The van der Waals surface area contributed by atoms with Gasteiger partial charge in [0.15, 0.2) is 4.32 Å². The van der Waals surface area contributed by atoms with Gasteiger partial charge < -0.3 is 4.74 Å². The zero-order valence-corrected chi connectivity index (χ0v) is 19.8. The summed E-state index contributed by atoms with van der Waals surface area (Å²) in [6.07, 6.45) is 1.78. The van der Waals surface area contributed by atoms with Crippen molar-refractivity contribution >= 4 is 80.8 Å². The molecule has 8 heteroatoms. The first-order chi connectivity index (χ1) is 14.9. The second-order valence-electron chi connectivity index (χ2n) is 6.56. The smallest absolute Gasteiger partial charge is 0.270 e. The number of rotatable bonds is 5. The van der Waals surface area contributed by atoms with Crippen LogP contribution in [0, 0.1) is 0 Å². The van der Waals surface area contributed by atoms with E-state index >= 15 is 0 Å². The Balaban J connectivity index is 1.58. The van der Waals surface area contributed by atoms with Crippen LogP contribution in [0.2, 0.25) is 15.1 Å². The first-order valence-electron chi connectivity index (χ1n) is 9.11. The van der Waals surface area contributed by atoms with E-state index in [1.165, 1.54) is 16.7 Å². The summed E-state index contributed by atoms with van der Waals surface area (Å²) in [7, 11) is 0. The zero-order chi connectivity index (χ0) is 22.0. The van der Waals surface area contributed by atoms with Gasteiger partial charge in [-0.3, -0.25) is 9.69 Å². The van der Waals surface area contributed by atoms with Gasteiger partial charge in [0.2, 0.25) is 0 Å². The third kappa shape index (κ3) is 5.08. The summed E-state index contributed by atoms with van der Waals surface area (Å²) in [5.74, 6) is 0.425. The molecule has 1 heterocycles. The number of carbonyl (C=O) groups is 1. The summed E-state index contributed by atoms with van der Waals surface area (Å²) < 4.78 is 6.44. The third-order valence-corrected chi connectivity index (χ3v) is 6.59. The van der Waals surface area contributed by atoms with Gasteiger partial charge in [-0.05, 0) is 42.5 Å². The Bertz CT molecular complexity index is 1210. The van der Waals surface area contributed by atoms with Crippen molar-refractivity contribution < 1.29 is 9.53 Å². The second kappa shape index (κ2) is 9.63. The minimum atomic E-state index is -0.201. The van der Waals surface area contributed by atoms with Crippen LogP contribution in [0.4, 0.5) is 5.69 Å². The van der Waals surface area contributed by atoms with Crippen molar-refractivity contribution in [3.8, 4) is 5.75 Å². The van der Waals surface area contributed by atoms with Gasteiger partial charge in [0.25, 0.3) is 5.91 Å². The zero-order valence-electron chi connectivity index (χ0n) is 15.8. The molecule has 0 aromatic heterocycles. The molecule has 0 saturated carbocycles. The molecule has 31 heavy (non-hydrogen) atoms. The van der Waals surface area contributed by atoms with Crippen LogP contribution in [-0.2, 0) is 11.4 Å². The minimum absolute atomic E-state index is 0.201. The lowest BCUT2D eigenvalue weighted by Gasteiger charge is -2.14. The minimum Gasteiger partial charge on any atom is -0.488 e. The molecular weight excluding hydrogens is 493 g/mol. The van der Waals surface area contributed by atoms with Crippen molar-refractivity contribution in [3.05, 3.63) is 97.8 Å². The fourth-order valence-electron chi connectivity index (χ4n) is 2.97. The van der Waals surface area contributed by atoms with Gasteiger partial charge in [0.05, 0.1) is 10.6 Å². The van der Waals surface area contributed by atoms with Crippen molar-refractivity contribution in [3.63, 3.8) is 0 Å². The van der Waals surface area contributed by atoms with Gasteiger partial charge in [0, 0.05) is 26.2 Å². The van der Waals surface area contributed by atoms with Crippen LogP contribution in [0.5, 0.6) is 5.75 Å². The Labute approximate surface area is 204 Å². The van der Waals surface area contributed by atoms with Crippen molar-refractivity contribution in [1.29, 1.82) is 0 Å². The number of para-hydroxylation sites is 1. The Morgan fingerprint density at radius 1 is 0.968 bits per heavy atom. The molecule has 0 unspecified atom stereocenters. The Morgan fingerprint density at radius 3 is 2.52 bits per heavy atom. The molecule has 3 aromatic rings. The molecule has 1 aliphatic rings. The predicted octanol–water partition coefficient (Wildman–Crippen LogP) is 7.63. The lowest BCUT2D eigenvalue weighted by atomic mass is 10.1. The summed E-state index contributed by atoms with van der Waals surface area (Å²) >= 11 is 24.9. The molecule has 3 aromatic carbocycles. The molecule has 0 radical (unpaired) electrons. The summed E-state index contributed by atoms with van der Waals surface area (Å²) in [5, 5.41) is 1.64. The van der Waals surface area contributed by atoms with Gasteiger partial charge in [0.1, 0.15) is 12.4 Å². The van der Waals surface area contributed by atoms with E-state index in [2.05, 4.69) is 0 Å². The topological polar surface area (TPSA) is 29.5 Å². The monoisotopic (exact) mass is 505 g/mol. The van der Waals surface area contributed by atoms with E-state index in [1.54, 1.807) is 42.5 Å². The molecule has 0 N–H and O–H groups in total. The van der Waals surface area contributed by atoms with Crippen LogP contribution in [0.15, 0.2) is 71.6 Å². The van der Waals surface area contributed by atoms with E-state index in [9.17, 15) is 4.79 Å². The van der Waals surface area contributed by atoms with Crippen LogP contribution in [-0.4, -0.2) is 10.2 Å². The first kappa shape index (κ1) is 22.2. The Morgan fingerprint density at radius 2 is 1.74 bits per heavy atom. The number of amides is 1. The van der Waals surface area contributed by atoms with E-state index in [0.717, 1.165) is 11.1 Å². The van der Waals surface area contributed by atoms with Gasteiger partial charge in [-0.15, -0.1) is 0 Å². The van der Waals surface area contributed by atoms with Crippen molar-refractivity contribution in [2.45, 2.75) is 6.61 Å². The third-order valence-electron chi connectivity index (χ3n) is 4.46. The van der Waals surface area contributed by atoms with E-state index in [1.807, 2.05) is 30.3 Å². The molecule has 156 valence electrons. The number of thioether (sulfide) groups is 1. The van der Waals surface area contributed by atoms with Gasteiger partial charge in [-0.1, -0.05) is 89.1 Å². The summed E-state index contributed by atoms with van der Waals surface area (Å²) in [6.45, 7) is 0.268. The maximum absolute atomic E-state index is 13.0. The molecular formula is C23H14Cl3NO2S2. The fraction of sp³-hybridized carbons (Fsp3) is 0.0435. The Hall–Kier alpha value is -2.02. The molecule has 0 spiro atoms. The highest BCUT2D eigenvalue weighted by molar-refractivity contribution is 8.27. The molecule has 0 bridgehead atoms. The molecule has 1 saturated heterocycles. The number of ether oxygens (including phenoxy) is 1. The number of carbonyl (C=O) groups excluding carboxylic acids is 1. The molecule has 4 rings (SSSR count). The second-order valence-corrected chi connectivity index (χ2v) is 9.52. The average molecular weight is 507 g/mol. The van der Waals surface area contributed by atoms with Gasteiger partial charge in [-0.25, -0.2) is 0 Å². The normalized spacial score (nSPS) is 15.1. The summed E-state index contributed by atoms with van der Waals surface area (Å²) in [6, 6.07) is 19.8. The number of hydrogen-bond donors (Lipinski definition) is 0. The molecule has 0 aliphatic carbocycles. The number of thiocarbonyl (C=S) groups is 1. The SMILES string of the molecule is O=C1C(=Cc2ccccc2OCc2ccc(Cl)cc2Cl)SC(=S)N1c1cccc(Cl)c1. The molecule has 1 aliphatic heterocycles. The molecule has 1 fully saturated rings. The van der Waals surface area contributed by atoms with Crippen molar-refractivity contribution in [1.82, 2.24) is 0 Å². The number of halogens is 3. The molecule has 0 atom stereocenters. The highest BCUT2D eigenvalue weighted by atomic mass is 35.5. The summed E-state index contributed by atoms with van der Waals surface area (Å²) in [4.78, 5) is 15.0. The van der Waals surface area contributed by atoms with Crippen molar-refractivity contribution in [2.75, 3.05) is 4.90 Å². The lowest BCUT2D eigenvalue weighted by molar-refractivity contribution is -0.113. The lowest BCUT2D eigenvalue weighted by Crippen LogP contribution is -2.27. The molecule has 3 nitrogen and oxygen atoms in total. The molecule has 1 amide bonds.